The van der Waals surface area contributed by atoms with E-state index in [1.54, 1.807) is 6.08 Å². The van der Waals surface area contributed by atoms with Gasteiger partial charge in [0.1, 0.15) is 67.1 Å². The number of amides is 2. The number of hydrogen-bond donors (Lipinski definition) is 14. The zero-order chi connectivity index (χ0) is 74.6. The molecule has 3 rings (SSSR count). The summed E-state index contributed by atoms with van der Waals surface area (Å²) in [6.07, 6.45) is 34.1. The SMILES string of the molecule is CCCCCCCCCCCCCCCC/C=C/C(O)C(COC1OC(CO)C(OC2OC(CO)C(O)C(OC3(C(=O)O)CC(O)C(NC(C)=O)C(C(O)C(O)CO)O3)C2O)C(O)C1O)NC(=O)CCCCCCCCCCCCCCCCCCCCCCCCCCCCCCCCCC. The molecule has 3 fully saturated rings. The fraction of sp³-hybridized carbons (Fsp3) is 0.937. The largest absolute Gasteiger partial charge is 0.477 e. The van der Waals surface area contributed by atoms with Crippen molar-refractivity contribution < 1.29 is 104 Å². The monoisotopic (exact) mass is 1460 g/mol. The van der Waals surface area contributed by atoms with E-state index in [2.05, 4.69) is 24.5 Å². The Morgan fingerprint density at radius 2 is 0.912 bits per heavy atom. The van der Waals surface area contributed by atoms with E-state index in [0.29, 0.717) is 12.8 Å². The number of carboxylic acids is 1. The topological polar surface area (TPSA) is 373 Å². The van der Waals surface area contributed by atoms with Crippen LogP contribution < -0.4 is 10.6 Å². The van der Waals surface area contributed by atoms with Gasteiger partial charge in [0.15, 0.2) is 12.6 Å². The van der Waals surface area contributed by atoms with Crippen LogP contribution in [-0.4, -0.2) is 215 Å². The molecule has 0 aromatic carbocycles. The molecule has 600 valence electrons. The van der Waals surface area contributed by atoms with Gasteiger partial charge in [0.2, 0.25) is 11.8 Å². The summed E-state index contributed by atoms with van der Waals surface area (Å²) >= 11 is 0. The van der Waals surface area contributed by atoms with E-state index in [0.717, 1.165) is 51.9 Å². The van der Waals surface area contributed by atoms with Gasteiger partial charge in [-0.25, -0.2) is 4.79 Å². The highest BCUT2D eigenvalue weighted by Crippen LogP contribution is 2.39. The average molecular weight is 1460 g/mol. The molecule has 0 saturated carbocycles. The Hall–Kier alpha value is -2.53. The first-order valence-electron chi connectivity index (χ1n) is 41.1. The zero-order valence-corrected chi connectivity index (χ0v) is 63.5. The van der Waals surface area contributed by atoms with Gasteiger partial charge in [0, 0.05) is 19.8 Å². The molecule has 23 nitrogen and oxygen atoms in total. The second-order valence-electron chi connectivity index (χ2n) is 30.0. The third kappa shape index (κ3) is 38.5. The molecule has 0 aromatic heterocycles. The molecular formula is C79H148N2O21. The second-order valence-corrected chi connectivity index (χ2v) is 30.0. The summed E-state index contributed by atoms with van der Waals surface area (Å²) in [7, 11) is 0. The van der Waals surface area contributed by atoms with E-state index in [1.165, 1.54) is 244 Å². The van der Waals surface area contributed by atoms with E-state index >= 15 is 0 Å². The first kappa shape index (κ1) is 93.7. The number of aliphatic carboxylic acids is 1. The summed E-state index contributed by atoms with van der Waals surface area (Å²) in [5.41, 5.74) is 0. The Kier molecular flexibility index (Phi) is 53.7. The molecule has 102 heavy (non-hydrogen) atoms. The Morgan fingerprint density at radius 3 is 1.30 bits per heavy atom. The minimum absolute atomic E-state index is 0.206. The molecule has 0 bridgehead atoms. The highest BCUT2D eigenvalue weighted by Gasteiger charge is 2.60. The Morgan fingerprint density at radius 1 is 0.510 bits per heavy atom. The van der Waals surface area contributed by atoms with Crippen LogP contribution in [0.15, 0.2) is 12.2 Å². The van der Waals surface area contributed by atoms with Crippen molar-refractivity contribution in [2.75, 3.05) is 26.4 Å². The number of carbonyl (C=O) groups excluding carboxylic acids is 2. The van der Waals surface area contributed by atoms with Gasteiger partial charge in [-0.2, -0.15) is 0 Å². The van der Waals surface area contributed by atoms with Crippen LogP contribution in [0.1, 0.15) is 335 Å². The van der Waals surface area contributed by atoms with Crippen molar-refractivity contribution in [3.05, 3.63) is 12.2 Å². The molecule has 14 N–H and O–H groups in total. The molecule has 18 atom stereocenters. The summed E-state index contributed by atoms with van der Waals surface area (Å²) < 4.78 is 34.9. The van der Waals surface area contributed by atoms with Crippen molar-refractivity contribution in [3.63, 3.8) is 0 Å². The van der Waals surface area contributed by atoms with Crippen molar-refractivity contribution in [1.82, 2.24) is 10.6 Å². The molecule has 18 unspecified atom stereocenters. The molecule has 0 spiro atoms. The summed E-state index contributed by atoms with van der Waals surface area (Å²) in [6, 6.07) is -2.62. The van der Waals surface area contributed by atoms with E-state index in [-0.39, 0.29) is 12.3 Å². The van der Waals surface area contributed by atoms with Crippen LogP contribution in [0.2, 0.25) is 0 Å². The molecule has 3 aliphatic heterocycles. The van der Waals surface area contributed by atoms with Gasteiger partial charge in [-0.1, -0.05) is 309 Å². The Bertz CT molecular complexity index is 2080. The van der Waals surface area contributed by atoms with Crippen molar-refractivity contribution >= 4 is 17.8 Å². The lowest BCUT2D eigenvalue weighted by atomic mass is 9.88. The van der Waals surface area contributed by atoms with Gasteiger partial charge < -0.3 is 100 Å². The van der Waals surface area contributed by atoms with Crippen molar-refractivity contribution in [1.29, 1.82) is 0 Å². The van der Waals surface area contributed by atoms with Gasteiger partial charge in [0.25, 0.3) is 5.79 Å². The van der Waals surface area contributed by atoms with Crippen LogP contribution in [0.3, 0.4) is 0 Å². The third-order valence-corrected chi connectivity index (χ3v) is 21.0. The molecule has 3 saturated heterocycles. The van der Waals surface area contributed by atoms with Gasteiger partial charge >= 0.3 is 5.97 Å². The van der Waals surface area contributed by atoms with Gasteiger partial charge in [-0.15, -0.1) is 0 Å². The minimum atomic E-state index is -3.08. The predicted molar refractivity (Wildman–Crippen MR) is 394 cm³/mol. The van der Waals surface area contributed by atoms with Crippen LogP contribution in [0, 0.1) is 0 Å². The van der Waals surface area contributed by atoms with Crippen LogP contribution in [0.5, 0.6) is 0 Å². The number of ether oxygens (including phenoxy) is 6. The first-order chi connectivity index (χ1) is 49.4. The maximum Gasteiger partial charge on any atom is 0.364 e. The summed E-state index contributed by atoms with van der Waals surface area (Å²) in [5, 5.41) is 136. The molecule has 23 heteroatoms. The second kappa shape index (κ2) is 58.5. The Balaban J connectivity index is 1.46. The molecule has 3 heterocycles. The van der Waals surface area contributed by atoms with Gasteiger partial charge in [0.05, 0.1) is 50.7 Å². The number of aliphatic hydroxyl groups excluding tert-OH is 11. The smallest absolute Gasteiger partial charge is 0.364 e. The molecule has 0 aromatic rings. The predicted octanol–water partition coefficient (Wildman–Crippen LogP) is 11.0. The number of hydrogen-bond acceptors (Lipinski definition) is 20. The molecule has 0 radical (unpaired) electrons. The highest BCUT2D eigenvalue weighted by molar-refractivity contribution is 5.77. The maximum atomic E-state index is 13.5. The minimum Gasteiger partial charge on any atom is -0.477 e. The van der Waals surface area contributed by atoms with E-state index in [4.69, 9.17) is 28.4 Å². The number of rotatable bonds is 65. The lowest BCUT2D eigenvalue weighted by Gasteiger charge is -2.50. The fourth-order valence-corrected chi connectivity index (χ4v) is 14.5. The summed E-state index contributed by atoms with van der Waals surface area (Å²) in [6.45, 7) is 2.19. The number of aliphatic hydroxyl groups is 11. The van der Waals surface area contributed by atoms with E-state index in [1.807, 2.05) is 6.08 Å². The average Bonchev–Trinajstić information content (AvgIpc) is 0.755. The number of unbranched alkanes of at least 4 members (excludes halogenated alkanes) is 45. The van der Waals surface area contributed by atoms with Crippen LogP contribution in [0.25, 0.3) is 0 Å². The highest BCUT2D eigenvalue weighted by atomic mass is 16.8. The number of carboxylic acid groups (broad SMARTS) is 1. The number of nitrogens with one attached hydrogen (secondary N) is 2. The molecule has 3 aliphatic rings. The number of carbonyl (C=O) groups is 3. The van der Waals surface area contributed by atoms with E-state index in [9.17, 15) is 75.7 Å². The lowest BCUT2D eigenvalue weighted by molar-refractivity contribution is -0.386. The summed E-state index contributed by atoms with van der Waals surface area (Å²) in [5.74, 6) is -6.13. The first-order valence-corrected chi connectivity index (χ1v) is 41.1. The normalized spacial score (nSPS) is 26.7. The molecule has 2 amide bonds. The van der Waals surface area contributed by atoms with Gasteiger partial charge in [-0.3, -0.25) is 9.59 Å². The quantitative estimate of drug-likeness (QED) is 0.0199. The molecule has 0 aliphatic carbocycles. The van der Waals surface area contributed by atoms with Crippen LogP contribution >= 0.6 is 0 Å². The zero-order valence-electron chi connectivity index (χ0n) is 63.5. The van der Waals surface area contributed by atoms with Gasteiger partial charge in [-0.05, 0) is 19.3 Å². The van der Waals surface area contributed by atoms with Crippen LogP contribution in [-0.2, 0) is 42.8 Å². The fourth-order valence-electron chi connectivity index (χ4n) is 14.5. The van der Waals surface area contributed by atoms with Crippen molar-refractivity contribution in [2.24, 2.45) is 0 Å². The van der Waals surface area contributed by atoms with Crippen LogP contribution in [0.4, 0.5) is 0 Å². The van der Waals surface area contributed by atoms with Crippen molar-refractivity contribution in [3.8, 4) is 0 Å². The lowest BCUT2D eigenvalue weighted by Crippen LogP contribution is -2.70. The van der Waals surface area contributed by atoms with E-state index < -0.39 is 155 Å². The number of allylic oxidation sites excluding steroid dienone is 1. The third-order valence-electron chi connectivity index (χ3n) is 21.0. The summed E-state index contributed by atoms with van der Waals surface area (Å²) in [4.78, 5) is 38.7. The maximum absolute atomic E-state index is 13.5. The van der Waals surface area contributed by atoms with Crippen molar-refractivity contribution in [2.45, 2.75) is 445 Å². The standard InChI is InChI=1S/C79H148N2O21/c1-4-6-8-10-12-14-16-18-20-22-23-24-25-26-27-28-29-30-31-32-33-34-35-36-37-39-41-43-45-47-49-51-53-66(89)81-60(61(86)52-50-48-46-44-42-40-38-21-19-17-15-13-11-9-7-5-2)58-97-76-71(93)70(92)73(65(57-84)99-76)100-77-72(94)75(69(91)64(56-83)98-77)102-79(78(95)96)54-62(87)67(80-59(3)85)74(101-79)68(90)63(88)55-82/h50,52,60-65,67-77,82-84,86-88,90-94H,4-49,51,53-58H2,1-3H3,(H,80,85)(H,81,89)(H,95,96)/b52-50+. The Labute approximate surface area is 613 Å². The molecular weight excluding hydrogens is 1310 g/mol.